The molecule has 0 aromatic carbocycles. The fraction of sp³-hybridized carbons (Fsp3) is 1.00. The van der Waals surface area contributed by atoms with E-state index in [4.69, 9.17) is 4.74 Å². The summed E-state index contributed by atoms with van der Waals surface area (Å²) < 4.78 is 5.41. The molecule has 0 N–H and O–H groups in total. The third-order valence-electron chi connectivity index (χ3n) is 3.86. The predicted octanol–water partition coefficient (Wildman–Crippen LogP) is 1.83. The topological polar surface area (TPSA) is 15.7 Å². The smallest absolute Gasteiger partial charge is 0.0594 e. The van der Waals surface area contributed by atoms with Crippen molar-refractivity contribution in [2.75, 3.05) is 52.5 Å². The van der Waals surface area contributed by atoms with E-state index in [2.05, 4.69) is 23.6 Å². The fourth-order valence-corrected chi connectivity index (χ4v) is 3.14. The van der Waals surface area contributed by atoms with E-state index < -0.39 is 0 Å². The Hall–Kier alpha value is -0.120. The number of ether oxygens (including phenoxy) is 1. The van der Waals surface area contributed by atoms with Crippen molar-refractivity contribution in [1.29, 1.82) is 0 Å². The molecule has 0 aliphatic carbocycles. The van der Waals surface area contributed by atoms with Crippen LogP contribution >= 0.6 is 0 Å². The van der Waals surface area contributed by atoms with E-state index in [0.717, 1.165) is 26.3 Å². The lowest BCUT2D eigenvalue weighted by Crippen LogP contribution is -2.47. The van der Waals surface area contributed by atoms with E-state index in [0.29, 0.717) is 5.41 Å². The van der Waals surface area contributed by atoms with E-state index in [9.17, 15) is 0 Å². The highest BCUT2D eigenvalue weighted by atomic mass is 16.5. The van der Waals surface area contributed by atoms with Crippen molar-refractivity contribution >= 4 is 0 Å². The fourth-order valence-electron chi connectivity index (χ4n) is 3.14. The van der Waals surface area contributed by atoms with Gasteiger partial charge in [0.1, 0.15) is 0 Å². The molecule has 100 valence electrons. The van der Waals surface area contributed by atoms with Crippen LogP contribution < -0.4 is 0 Å². The Morgan fingerprint density at radius 2 is 1.35 bits per heavy atom. The standard InChI is InChI=1S/C14H28N2O/c1-14(2,12-15-6-4-3-5-7-15)13-16-8-10-17-11-9-16/h3-13H2,1-2H3. The Balaban J connectivity index is 1.75. The lowest BCUT2D eigenvalue weighted by atomic mass is 9.91. The molecule has 2 aliphatic heterocycles. The van der Waals surface area contributed by atoms with E-state index in [1.165, 1.54) is 45.4 Å². The van der Waals surface area contributed by atoms with Crippen LogP contribution in [0.15, 0.2) is 0 Å². The zero-order valence-corrected chi connectivity index (χ0v) is 11.6. The first-order valence-electron chi connectivity index (χ1n) is 7.18. The molecule has 0 radical (unpaired) electrons. The number of morpholine rings is 1. The first kappa shape index (κ1) is 13.3. The van der Waals surface area contributed by atoms with E-state index >= 15 is 0 Å². The third-order valence-corrected chi connectivity index (χ3v) is 3.86. The molecular formula is C14H28N2O. The zero-order chi connectivity index (χ0) is 12.1. The Morgan fingerprint density at radius 1 is 0.824 bits per heavy atom. The quantitative estimate of drug-likeness (QED) is 0.745. The molecule has 0 spiro atoms. The summed E-state index contributed by atoms with van der Waals surface area (Å²) in [6.45, 7) is 14.0. The molecule has 3 nitrogen and oxygen atoms in total. The van der Waals surface area contributed by atoms with Gasteiger partial charge in [-0.1, -0.05) is 20.3 Å². The maximum atomic E-state index is 5.41. The van der Waals surface area contributed by atoms with Gasteiger partial charge in [-0.25, -0.2) is 0 Å². The van der Waals surface area contributed by atoms with Crippen molar-refractivity contribution < 1.29 is 4.74 Å². The molecule has 3 heteroatoms. The molecule has 0 saturated carbocycles. The predicted molar refractivity (Wildman–Crippen MR) is 71.3 cm³/mol. The minimum absolute atomic E-state index is 0.411. The van der Waals surface area contributed by atoms with Gasteiger partial charge in [0.05, 0.1) is 13.2 Å². The first-order chi connectivity index (χ1) is 8.16. The van der Waals surface area contributed by atoms with Gasteiger partial charge in [-0.05, 0) is 31.3 Å². The molecule has 2 rings (SSSR count). The number of piperidine rings is 1. The van der Waals surface area contributed by atoms with Crippen LogP contribution in [0.5, 0.6) is 0 Å². The normalized spacial score (nSPS) is 25.1. The molecule has 0 amide bonds. The highest BCUT2D eigenvalue weighted by Gasteiger charge is 2.26. The van der Waals surface area contributed by atoms with Crippen molar-refractivity contribution in [1.82, 2.24) is 9.80 Å². The molecule has 17 heavy (non-hydrogen) atoms. The van der Waals surface area contributed by atoms with E-state index in [1.807, 2.05) is 0 Å². The summed E-state index contributed by atoms with van der Waals surface area (Å²) in [5.41, 5.74) is 0.411. The van der Waals surface area contributed by atoms with Crippen LogP contribution in [0.1, 0.15) is 33.1 Å². The van der Waals surface area contributed by atoms with Crippen molar-refractivity contribution in [2.24, 2.45) is 5.41 Å². The molecule has 2 saturated heterocycles. The van der Waals surface area contributed by atoms with Gasteiger partial charge in [-0.2, -0.15) is 0 Å². The van der Waals surface area contributed by atoms with Crippen molar-refractivity contribution in [2.45, 2.75) is 33.1 Å². The second-order valence-corrected chi connectivity index (χ2v) is 6.39. The summed E-state index contributed by atoms with van der Waals surface area (Å²) in [6.07, 6.45) is 4.22. The van der Waals surface area contributed by atoms with E-state index in [1.54, 1.807) is 0 Å². The van der Waals surface area contributed by atoms with Gasteiger partial charge in [0.2, 0.25) is 0 Å². The SMILES string of the molecule is CC(C)(CN1CCCCC1)CN1CCOCC1. The van der Waals surface area contributed by atoms with Gasteiger partial charge in [0.15, 0.2) is 0 Å². The average Bonchev–Trinajstić information content (AvgIpc) is 2.30. The summed E-state index contributed by atoms with van der Waals surface area (Å²) in [6, 6.07) is 0. The van der Waals surface area contributed by atoms with Crippen LogP contribution in [0, 0.1) is 5.41 Å². The van der Waals surface area contributed by atoms with Gasteiger partial charge in [0, 0.05) is 26.2 Å². The molecule has 0 aromatic rings. The summed E-state index contributed by atoms with van der Waals surface area (Å²) in [7, 11) is 0. The third kappa shape index (κ3) is 4.57. The number of nitrogens with zero attached hydrogens (tertiary/aromatic N) is 2. The van der Waals surface area contributed by atoms with Crippen LogP contribution in [-0.4, -0.2) is 62.3 Å². The summed E-state index contributed by atoms with van der Waals surface area (Å²) >= 11 is 0. The molecule has 0 aromatic heterocycles. The zero-order valence-electron chi connectivity index (χ0n) is 11.6. The Labute approximate surface area is 106 Å². The van der Waals surface area contributed by atoms with Gasteiger partial charge in [0.25, 0.3) is 0 Å². The van der Waals surface area contributed by atoms with Gasteiger partial charge >= 0.3 is 0 Å². The average molecular weight is 240 g/mol. The molecule has 2 aliphatic rings. The van der Waals surface area contributed by atoms with Crippen molar-refractivity contribution in [3.8, 4) is 0 Å². The highest BCUT2D eigenvalue weighted by Crippen LogP contribution is 2.21. The monoisotopic (exact) mass is 240 g/mol. The molecule has 0 bridgehead atoms. The number of hydrogen-bond donors (Lipinski definition) is 0. The maximum absolute atomic E-state index is 5.41. The largest absolute Gasteiger partial charge is 0.379 e. The summed E-state index contributed by atoms with van der Waals surface area (Å²) in [4.78, 5) is 5.22. The molecule has 2 heterocycles. The highest BCUT2D eigenvalue weighted by molar-refractivity contribution is 4.80. The lowest BCUT2D eigenvalue weighted by molar-refractivity contribution is 0.0139. The van der Waals surface area contributed by atoms with Gasteiger partial charge in [-0.3, -0.25) is 4.90 Å². The number of rotatable bonds is 4. The minimum Gasteiger partial charge on any atom is -0.379 e. The summed E-state index contributed by atoms with van der Waals surface area (Å²) in [5.74, 6) is 0. The van der Waals surface area contributed by atoms with Crippen LogP contribution in [0.25, 0.3) is 0 Å². The maximum Gasteiger partial charge on any atom is 0.0594 e. The summed E-state index contributed by atoms with van der Waals surface area (Å²) in [5, 5.41) is 0. The van der Waals surface area contributed by atoms with Crippen LogP contribution in [0.4, 0.5) is 0 Å². The van der Waals surface area contributed by atoms with E-state index in [-0.39, 0.29) is 0 Å². The second kappa shape index (κ2) is 6.17. The van der Waals surface area contributed by atoms with Crippen LogP contribution in [-0.2, 0) is 4.74 Å². The minimum atomic E-state index is 0.411. The van der Waals surface area contributed by atoms with Crippen molar-refractivity contribution in [3.05, 3.63) is 0 Å². The van der Waals surface area contributed by atoms with Crippen LogP contribution in [0.3, 0.4) is 0 Å². The lowest BCUT2D eigenvalue weighted by Gasteiger charge is -2.39. The van der Waals surface area contributed by atoms with Gasteiger partial charge in [-0.15, -0.1) is 0 Å². The molecule has 0 atom stereocenters. The Bertz CT molecular complexity index is 196. The Morgan fingerprint density at radius 3 is 1.94 bits per heavy atom. The molecular weight excluding hydrogens is 212 g/mol. The molecule has 0 unspecified atom stereocenters. The number of likely N-dealkylation sites (tertiary alicyclic amines) is 1. The first-order valence-corrected chi connectivity index (χ1v) is 7.18. The van der Waals surface area contributed by atoms with Crippen LogP contribution in [0.2, 0.25) is 0 Å². The second-order valence-electron chi connectivity index (χ2n) is 6.39. The van der Waals surface area contributed by atoms with Crippen molar-refractivity contribution in [3.63, 3.8) is 0 Å². The molecule has 2 fully saturated rings. The Kier molecular flexibility index (Phi) is 4.83. The number of hydrogen-bond acceptors (Lipinski definition) is 3. The van der Waals surface area contributed by atoms with Gasteiger partial charge < -0.3 is 9.64 Å².